The zero-order chi connectivity index (χ0) is 11.9. The van der Waals surface area contributed by atoms with E-state index in [-0.39, 0.29) is 0 Å². The van der Waals surface area contributed by atoms with Crippen LogP contribution in [0, 0.1) is 0 Å². The minimum absolute atomic E-state index is 0.656. The van der Waals surface area contributed by atoms with E-state index in [0.29, 0.717) is 12.5 Å². The van der Waals surface area contributed by atoms with E-state index in [1.54, 1.807) is 0 Å². The molecule has 2 heterocycles. The number of aromatic nitrogens is 2. The molecule has 1 aromatic heterocycles. The lowest BCUT2D eigenvalue weighted by molar-refractivity contribution is 0.149. The summed E-state index contributed by atoms with van der Waals surface area (Å²) in [5, 5.41) is 7.26. The fourth-order valence-corrected chi connectivity index (χ4v) is 1.82. The van der Waals surface area contributed by atoms with Gasteiger partial charge in [-0.2, -0.15) is 4.98 Å². The number of hydrogen-bond donors (Lipinski definition) is 1. The summed E-state index contributed by atoms with van der Waals surface area (Å²) < 4.78 is 10.5. The molecule has 1 aliphatic rings. The Balaban J connectivity index is 1.76. The highest BCUT2D eigenvalue weighted by molar-refractivity contribution is 4.87. The molecule has 1 aliphatic heterocycles. The first-order valence-corrected chi connectivity index (χ1v) is 6.20. The Kier molecular flexibility index (Phi) is 4.90. The van der Waals surface area contributed by atoms with Crippen molar-refractivity contribution in [2.45, 2.75) is 19.9 Å². The number of hydrogen-bond acceptors (Lipinski definition) is 6. The summed E-state index contributed by atoms with van der Waals surface area (Å²) in [6, 6.07) is 0. The van der Waals surface area contributed by atoms with Crippen molar-refractivity contribution >= 4 is 0 Å². The van der Waals surface area contributed by atoms with Gasteiger partial charge in [0.15, 0.2) is 5.82 Å². The zero-order valence-electron chi connectivity index (χ0n) is 10.3. The third-order valence-corrected chi connectivity index (χ3v) is 2.75. The van der Waals surface area contributed by atoms with Crippen LogP contribution in [0.2, 0.25) is 0 Å². The van der Waals surface area contributed by atoms with E-state index in [9.17, 15) is 0 Å². The van der Waals surface area contributed by atoms with Gasteiger partial charge in [-0.3, -0.25) is 4.90 Å². The van der Waals surface area contributed by atoms with Crippen LogP contribution in [0.1, 0.15) is 18.6 Å². The van der Waals surface area contributed by atoms with Crippen molar-refractivity contribution in [3.05, 3.63) is 11.7 Å². The summed E-state index contributed by atoms with van der Waals surface area (Å²) in [6.45, 7) is 8.26. The van der Waals surface area contributed by atoms with E-state index in [1.807, 2.05) is 6.92 Å². The first kappa shape index (κ1) is 12.5. The first-order valence-electron chi connectivity index (χ1n) is 6.20. The van der Waals surface area contributed by atoms with Gasteiger partial charge in [-0.1, -0.05) is 5.16 Å². The fourth-order valence-electron chi connectivity index (χ4n) is 1.82. The lowest BCUT2D eigenvalue weighted by Crippen LogP contribution is -2.42. The molecule has 0 aromatic carbocycles. The Bertz CT molecular complexity index is 323. The molecule has 0 unspecified atom stereocenters. The molecule has 6 nitrogen and oxygen atoms in total. The van der Waals surface area contributed by atoms with Crippen molar-refractivity contribution in [1.82, 2.24) is 20.4 Å². The predicted molar refractivity (Wildman–Crippen MR) is 62.6 cm³/mol. The van der Waals surface area contributed by atoms with Crippen LogP contribution >= 0.6 is 0 Å². The molecule has 0 atom stereocenters. The van der Waals surface area contributed by atoms with Gasteiger partial charge in [0.1, 0.15) is 0 Å². The van der Waals surface area contributed by atoms with Crippen LogP contribution < -0.4 is 5.32 Å². The topological polar surface area (TPSA) is 63.4 Å². The number of piperazine rings is 1. The molecule has 17 heavy (non-hydrogen) atoms. The standard InChI is InChI=1S/C11H20N4O2/c1-2-16-8-3-10-13-11(17-14-10)9-15-6-4-12-5-7-15/h12H,2-9H2,1H3. The average Bonchev–Trinajstić information content (AvgIpc) is 2.79. The van der Waals surface area contributed by atoms with E-state index in [4.69, 9.17) is 9.26 Å². The second-order valence-corrected chi connectivity index (χ2v) is 4.08. The summed E-state index contributed by atoms with van der Waals surface area (Å²) in [5.74, 6) is 1.45. The number of rotatable bonds is 6. The first-order chi connectivity index (χ1) is 8.38. The van der Waals surface area contributed by atoms with Crippen LogP contribution in [-0.2, 0) is 17.7 Å². The van der Waals surface area contributed by atoms with E-state index in [2.05, 4.69) is 20.4 Å². The van der Waals surface area contributed by atoms with Gasteiger partial charge in [-0.25, -0.2) is 0 Å². The van der Waals surface area contributed by atoms with E-state index >= 15 is 0 Å². The third-order valence-electron chi connectivity index (χ3n) is 2.75. The monoisotopic (exact) mass is 240 g/mol. The van der Waals surface area contributed by atoms with E-state index in [1.165, 1.54) is 0 Å². The number of ether oxygens (including phenoxy) is 1. The number of nitrogens with zero attached hydrogens (tertiary/aromatic N) is 3. The summed E-state index contributed by atoms with van der Waals surface area (Å²) in [6.07, 6.45) is 0.721. The smallest absolute Gasteiger partial charge is 0.240 e. The Hall–Kier alpha value is -0.980. The lowest BCUT2D eigenvalue weighted by atomic mass is 10.3. The van der Waals surface area contributed by atoms with Gasteiger partial charge < -0.3 is 14.6 Å². The maximum Gasteiger partial charge on any atom is 0.240 e. The second kappa shape index (κ2) is 6.68. The highest BCUT2D eigenvalue weighted by Gasteiger charge is 2.14. The van der Waals surface area contributed by atoms with Crippen molar-refractivity contribution in [2.75, 3.05) is 39.4 Å². The molecular formula is C11H20N4O2. The quantitative estimate of drug-likeness (QED) is 0.709. The zero-order valence-corrected chi connectivity index (χ0v) is 10.3. The summed E-state index contributed by atoms with van der Waals surface area (Å²) in [7, 11) is 0. The summed E-state index contributed by atoms with van der Waals surface area (Å²) in [4.78, 5) is 6.67. The van der Waals surface area contributed by atoms with Gasteiger partial charge in [0.2, 0.25) is 5.89 Å². The van der Waals surface area contributed by atoms with Crippen molar-refractivity contribution < 1.29 is 9.26 Å². The molecule has 2 rings (SSSR count). The molecule has 1 fully saturated rings. The van der Waals surface area contributed by atoms with Crippen molar-refractivity contribution in [2.24, 2.45) is 0 Å². The lowest BCUT2D eigenvalue weighted by Gasteiger charge is -2.25. The summed E-state index contributed by atoms with van der Waals surface area (Å²) >= 11 is 0. The molecule has 0 bridgehead atoms. The van der Waals surface area contributed by atoms with E-state index in [0.717, 1.165) is 51.6 Å². The molecule has 96 valence electrons. The molecular weight excluding hydrogens is 220 g/mol. The van der Waals surface area contributed by atoms with Gasteiger partial charge >= 0.3 is 0 Å². The maximum atomic E-state index is 5.26. The average molecular weight is 240 g/mol. The molecule has 0 spiro atoms. The van der Waals surface area contributed by atoms with Crippen molar-refractivity contribution in [3.8, 4) is 0 Å². The summed E-state index contributed by atoms with van der Waals surface area (Å²) in [5.41, 5.74) is 0. The van der Waals surface area contributed by atoms with Crippen LogP contribution in [0.5, 0.6) is 0 Å². The number of nitrogens with one attached hydrogen (secondary N) is 1. The van der Waals surface area contributed by atoms with Crippen LogP contribution in [0.15, 0.2) is 4.52 Å². The molecule has 1 N–H and O–H groups in total. The van der Waals surface area contributed by atoms with Crippen LogP contribution in [0.25, 0.3) is 0 Å². The highest BCUT2D eigenvalue weighted by atomic mass is 16.5. The van der Waals surface area contributed by atoms with Crippen molar-refractivity contribution in [3.63, 3.8) is 0 Å². The molecule has 6 heteroatoms. The van der Waals surface area contributed by atoms with Gasteiger partial charge in [0, 0.05) is 39.2 Å². The Morgan fingerprint density at radius 3 is 3.00 bits per heavy atom. The predicted octanol–water partition coefficient (Wildman–Crippen LogP) is 0.0538. The molecule has 0 aliphatic carbocycles. The highest BCUT2D eigenvalue weighted by Crippen LogP contribution is 2.04. The molecule has 0 saturated carbocycles. The van der Waals surface area contributed by atoms with Gasteiger partial charge in [0.25, 0.3) is 0 Å². The molecule has 1 saturated heterocycles. The fraction of sp³-hybridized carbons (Fsp3) is 0.818. The minimum Gasteiger partial charge on any atom is -0.381 e. The SMILES string of the molecule is CCOCCc1noc(CN2CCNCC2)n1. The Labute approximate surface area is 101 Å². The Morgan fingerprint density at radius 1 is 1.41 bits per heavy atom. The van der Waals surface area contributed by atoms with Crippen LogP contribution in [0.4, 0.5) is 0 Å². The normalized spacial score (nSPS) is 17.5. The molecule has 1 aromatic rings. The van der Waals surface area contributed by atoms with Crippen molar-refractivity contribution in [1.29, 1.82) is 0 Å². The van der Waals surface area contributed by atoms with Gasteiger partial charge in [0.05, 0.1) is 13.2 Å². The molecule has 0 amide bonds. The Morgan fingerprint density at radius 2 is 2.24 bits per heavy atom. The van der Waals surface area contributed by atoms with Crippen LogP contribution in [-0.4, -0.2) is 54.4 Å². The molecule has 0 radical (unpaired) electrons. The van der Waals surface area contributed by atoms with Crippen LogP contribution in [0.3, 0.4) is 0 Å². The minimum atomic E-state index is 0.656. The largest absolute Gasteiger partial charge is 0.381 e. The van der Waals surface area contributed by atoms with E-state index < -0.39 is 0 Å². The second-order valence-electron chi connectivity index (χ2n) is 4.08. The third kappa shape index (κ3) is 4.07. The maximum absolute atomic E-state index is 5.26. The van der Waals surface area contributed by atoms with Gasteiger partial charge in [-0.15, -0.1) is 0 Å². The van der Waals surface area contributed by atoms with Gasteiger partial charge in [-0.05, 0) is 6.92 Å².